The van der Waals surface area contributed by atoms with Crippen LogP contribution in [0.15, 0.2) is 54.7 Å². The molecule has 1 aromatic heterocycles. The number of rotatable bonds is 9. The highest BCUT2D eigenvalue weighted by atomic mass is 35.5. The zero-order chi connectivity index (χ0) is 26.5. The lowest BCUT2D eigenvalue weighted by atomic mass is 9.84. The number of carbonyl (C=O) groups is 2. The van der Waals surface area contributed by atoms with E-state index in [0.717, 1.165) is 49.8 Å². The second-order valence-electron chi connectivity index (χ2n) is 10.4. The Kier molecular flexibility index (Phi) is 8.45. The Morgan fingerprint density at radius 1 is 1.11 bits per heavy atom. The molecule has 3 aromatic rings. The van der Waals surface area contributed by atoms with E-state index in [4.69, 9.17) is 16.3 Å². The molecule has 1 saturated carbocycles. The number of anilines is 1. The van der Waals surface area contributed by atoms with Crippen molar-refractivity contribution in [2.24, 2.45) is 5.92 Å². The van der Waals surface area contributed by atoms with Gasteiger partial charge in [0.05, 0.1) is 30.5 Å². The third-order valence-corrected chi connectivity index (χ3v) is 7.88. The molecule has 1 aliphatic heterocycles. The Labute approximate surface area is 229 Å². The molecule has 1 aliphatic carbocycles. The van der Waals surface area contributed by atoms with E-state index in [1.165, 1.54) is 17.3 Å². The Morgan fingerprint density at radius 3 is 2.63 bits per heavy atom. The molecule has 5 rings (SSSR count). The molecule has 1 saturated heterocycles. The van der Waals surface area contributed by atoms with Gasteiger partial charge in [-0.15, -0.1) is 0 Å². The summed E-state index contributed by atoms with van der Waals surface area (Å²) in [5, 5.41) is 7.64. The minimum absolute atomic E-state index is 0.160. The van der Waals surface area contributed by atoms with Crippen molar-refractivity contribution in [2.75, 3.05) is 25.0 Å². The summed E-state index contributed by atoms with van der Waals surface area (Å²) in [6, 6.07) is 16.6. The molecule has 0 bridgehead atoms. The number of benzene rings is 2. The number of halogens is 1. The molecule has 1 atom stereocenters. The largest absolute Gasteiger partial charge is 0.373 e. The van der Waals surface area contributed by atoms with Crippen molar-refractivity contribution >= 4 is 29.1 Å². The third kappa shape index (κ3) is 6.27. The lowest BCUT2D eigenvalue weighted by Crippen LogP contribution is -2.50. The lowest BCUT2D eigenvalue weighted by molar-refractivity contribution is -0.146. The van der Waals surface area contributed by atoms with Crippen molar-refractivity contribution < 1.29 is 14.3 Å². The Hall–Kier alpha value is -3.16. The second kappa shape index (κ2) is 12.1. The van der Waals surface area contributed by atoms with E-state index in [1.807, 2.05) is 24.0 Å². The van der Waals surface area contributed by atoms with Gasteiger partial charge in [-0.1, -0.05) is 60.5 Å². The number of carbonyl (C=O) groups excluding carboxylic acids is 2. The standard InChI is InChI=1S/C30H35ClN4O3/c1-21-17-23(10-5-9-22-7-3-2-4-8-22)13-14-27(21)33-29(36)28-26(31)18-32-35(28)20-25-19-34(15-16-38-25)30(37)24-11-6-12-24/h2-4,7-8,13-14,17-18,24-25H,5-6,9-12,15-16,19-20H2,1H3,(H,33,36). The van der Waals surface area contributed by atoms with Crippen LogP contribution in [0.25, 0.3) is 0 Å². The number of ether oxygens (including phenoxy) is 1. The maximum Gasteiger partial charge on any atom is 0.275 e. The maximum atomic E-state index is 13.3. The normalized spacial score (nSPS) is 17.7. The molecule has 2 aliphatic rings. The van der Waals surface area contributed by atoms with Crippen molar-refractivity contribution in [2.45, 2.75) is 58.1 Å². The second-order valence-corrected chi connectivity index (χ2v) is 10.8. The molecule has 0 spiro atoms. The summed E-state index contributed by atoms with van der Waals surface area (Å²) in [7, 11) is 0. The quantitative estimate of drug-likeness (QED) is 0.404. The van der Waals surface area contributed by atoms with Gasteiger partial charge in [0.15, 0.2) is 0 Å². The fraction of sp³-hybridized carbons (Fsp3) is 0.433. The number of morpholine rings is 1. The van der Waals surface area contributed by atoms with Gasteiger partial charge < -0.3 is 15.0 Å². The highest BCUT2D eigenvalue weighted by Crippen LogP contribution is 2.29. The molecule has 2 amide bonds. The minimum Gasteiger partial charge on any atom is -0.373 e. The van der Waals surface area contributed by atoms with Gasteiger partial charge in [0.25, 0.3) is 5.91 Å². The van der Waals surface area contributed by atoms with E-state index in [2.05, 4.69) is 46.8 Å². The first-order chi connectivity index (χ1) is 18.5. The zero-order valence-electron chi connectivity index (χ0n) is 21.9. The fourth-order valence-electron chi connectivity index (χ4n) is 5.21. The van der Waals surface area contributed by atoms with Gasteiger partial charge in [0, 0.05) is 24.7 Å². The van der Waals surface area contributed by atoms with Crippen molar-refractivity contribution in [3.63, 3.8) is 0 Å². The number of hydrogen-bond donors (Lipinski definition) is 1. The van der Waals surface area contributed by atoms with Crippen LogP contribution in [0.2, 0.25) is 5.02 Å². The molecule has 2 aromatic carbocycles. The zero-order valence-corrected chi connectivity index (χ0v) is 22.6. The van der Waals surface area contributed by atoms with Gasteiger partial charge in [-0.2, -0.15) is 5.10 Å². The maximum absolute atomic E-state index is 13.3. The minimum atomic E-state index is -0.314. The third-order valence-electron chi connectivity index (χ3n) is 7.60. The van der Waals surface area contributed by atoms with Crippen molar-refractivity contribution in [1.82, 2.24) is 14.7 Å². The van der Waals surface area contributed by atoms with Gasteiger partial charge >= 0.3 is 0 Å². The Morgan fingerprint density at radius 2 is 1.89 bits per heavy atom. The molecule has 2 heterocycles. The molecular formula is C30H35ClN4O3. The summed E-state index contributed by atoms with van der Waals surface area (Å²) < 4.78 is 7.51. The van der Waals surface area contributed by atoms with E-state index in [-0.39, 0.29) is 28.9 Å². The van der Waals surface area contributed by atoms with Crippen LogP contribution in [0.5, 0.6) is 0 Å². The van der Waals surface area contributed by atoms with Crippen LogP contribution >= 0.6 is 11.6 Å². The van der Waals surface area contributed by atoms with Crippen LogP contribution in [0.1, 0.15) is 52.9 Å². The molecule has 2 fully saturated rings. The number of nitrogens with one attached hydrogen (secondary N) is 1. The van der Waals surface area contributed by atoms with Crippen LogP contribution < -0.4 is 5.32 Å². The van der Waals surface area contributed by atoms with Gasteiger partial charge in [0.1, 0.15) is 5.69 Å². The fourth-order valence-corrected chi connectivity index (χ4v) is 5.43. The predicted molar refractivity (Wildman–Crippen MR) is 148 cm³/mol. The Bertz CT molecular complexity index is 1270. The Balaban J connectivity index is 1.19. The van der Waals surface area contributed by atoms with E-state index < -0.39 is 0 Å². The summed E-state index contributed by atoms with van der Waals surface area (Å²) in [6.45, 7) is 3.94. The van der Waals surface area contributed by atoms with E-state index in [1.54, 1.807) is 4.68 Å². The average molecular weight is 535 g/mol. The molecule has 0 radical (unpaired) electrons. The first-order valence-corrected chi connectivity index (χ1v) is 13.9. The number of aromatic nitrogens is 2. The number of aryl methyl sites for hydroxylation is 3. The van der Waals surface area contributed by atoms with Crippen LogP contribution in [0.4, 0.5) is 5.69 Å². The molecule has 1 unspecified atom stereocenters. The van der Waals surface area contributed by atoms with Crippen molar-refractivity contribution in [3.05, 3.63) is 82.1 Å². The smallest absolute Gasteiger partial charge is 0.275 e. The van der Waals surface area contributed by atoms with Crippen LogP contribution in [-0.2, 0) is 28.9 Å². The number of nitrogens with zero attached hydrogens (tertiary/aromatic N) is 3. The van der Waals surface area contributed by atoms with E-state index in [9.17, 15) is 9.59 Å². The van der Waals surface area contributed by atoms with Crippen LogP contribution in [-0.4, -0.2) is 52.3 Å². The monoisotopic (exact) mass is 534 g/mol. The summed E-state index contributed by atoms with van der Waals surface area (Å²) in [5.74, 6) is 0.0679. The lowest BCUT2D eigenvalue weighted by Gasteiger charge is -2.37. The predicted octanol–water partition coefficient (Wildman–Crippen LogP) is 5.30. The molecule has 8 heteroatoms. The van der Waals surface area contributed by atoms with Gasteiger partial charge in [0.2, 0.25) is 5.91 Å². The average Bonchev–Trinajstić information content (AvgIpc) is 3.25. The highest BCUT2D eigenvalue weighted by molar-refractivity contribution is 6.34. The first-order valence-electron chi connectivity index (χ1n) is 13.5. The summed E-state index contributed by atoms with van der Waals surface area (Å²) in [4.78, 5) is 27.9. The van der Waals surface area contributed by atoms with Crippen molar-refractivity contribution in [1.29, 1.82) is 0 Å². The highest BCUT2D eigenvalue weighted by Gasteiger charge is 2.33. The van der Waals surface area contributed by atoms with Crippen molar-refractivity contribution in [3.8, 4) is 0 Å². The number of amides is 2. The number of hydrogen-bond acceptors (Lipinski definition) is 4. The molecule has 7 nitrogen and oxygen atoms in total. The van der Waals surface area contributed by atoms with E-state index in [0.29, 0.717) is 31.9 Å². The molecular weight excluding hydrogens is 500 g/mol. The summed E-state index contributed by atoms with van der Waals surface area (Å²) in [6.07, 6.45) is 7.41. The summed E-state index contributed by atoms with van der Waals surface area (Å²) >= 11 is 6.39. The SMILES string of the molecule is Cc1cc(CCCc2ccccc2)ccc1NC(=O)c1c(Cl)cnn1CC1CN(C(=O)C2CCC2)CCO1. The molecule has 200 valence electrons. The molecule has 1 N–H and O–H groups in total. The topological polar surface area (TPSA) is 76.5 Å². The van der Waals surface area contributed by atoms with Crippen LogP contribution in [0.3, 0.4) is 0 Å². The van der Waals surface area contributed by atoms with Gasteiger partial charge in [-0.3, -0.25) is 14.3 Å². The van der Waals surface area contributed by atoms with Gasteiger partial charge in [-0.25, -0.2) is 0 Å². The van der Waals surface area contributed by atoms with Crippen LogP contribution in [0, 0.1) is 12.8 Å². The first kappa shape index (κ1) is 26.4. The molecule has 38 heavy (non-hydrogen) atoms. The summed E-state index contributed by atoms with van der Waals surface area (Å²) in [5.41, 5.74) is 4.63. The van der Waals surface area contributed by atoms with E-state index >= 15 is 0 Å². The van der Waals surface area contributed by atoms with Gasteiger partial charge in [-0.05, 0) is 61.8 Å².